The Hall–Kier alpha value is -4.30. The number of aliphatic carboxylic acids is 1. The first-order chi connectivity index (χ1) is 24.8. The first kappa shape index (κ1) is 38.4. The highest BCUT2D eigenvalue weighted by Crippen LogP contribution is 2.68. The summed E-state index contributed by atoms with van der Waals surface area (Å²) in [5, 5.41) is 27.6. The maximum atomic E-state index is 17.3. The number of halogens is 2. The lowest BCUT2D eigenvalue weighted by atomic mass is 9.52. The summed E-state index contributed by atoms with van der Waals surface area (Å²) in [6.45, 7) is 7.49. The van der Waals surface area contributed by atoms with Gasteiger partial charge in [0.05, 0.1) is 12.1 Å². The Morgan fingerprint density at radius 2 is 1.74 bits per heavy atom. The van der Waals surface area contributed by atoms with E-state index in [1.807, 2.05) is 30.3 Å². The molecule has 3 fully saturated rings. The molecule has 2 aromatic rings. The average molecular weight is 736 g/mol. The molecule has 2 saturated carbocycles. The van der Waals surface area contributed by atoms with E-state index in [1.54, 1.807) is 32.0 Å². The lowest BCUT2D eigenvalue weighted by molar-refractivity contribution is -0.214. The van der Waals surface area contributed by atoms with Gasteiger partial charge in [0.1, 0.15) is 24.0 Å². The van der Waals surface area contributed by atoms with E-state index in [-0.39, 0.29) is 30.7 Å². The van der Waals surface area contributed by atoms with Crippen molar-refractivity contribution in [3.63, 3.8) is 0 Å². The van der Waals surface area contributed by atoms with Gasteiger partial charge in [-0.05, 0) is 100 Å². The highest BCUT2D eigenvalue weighted by Gasteiger charge is 2.77. The SMILES string of the molecule is C[C@H](N)C(=O)N[C@@H](C)C(=O)Nc1cccc(Cc2ccc(C3O[C@@H]4C[C@H]5C[C@@](F)(C6(C)C=CC(=O)C=C6[C@H](C)F)C(O)CC5(C)[C@]4(C(=O)O)O3)cc2)c1. The molecule has 1 heterocycles. The molecule has 2 amide bonds. The molecule has 0 aromatic heterocycles. The molecule has 53 heavy (non-hydrogen) atoms. The zero-order chi connectivity index (χ0) is 38.7. The summed E-state index contributed by atoms with van der Waals surface area (Å²) in [7, 11) is 0. The Morgan fingerprint density at radius 1 is 1.04 bits per heavy atom. The molecule has 1 saturated heterocycles. The highest BCUT2D eigenvalue weighted by molar-refractivity contribution is 6.01. The number of carboxylic acid groups (broad SMARTS) is 1. The summed E-state index contributed by atoms with van der Waals surface area (Å²) >= 11 is 0. The van der Waals surface area contributed by atoms with Crippen molar-refractivity contribution in [3.05, 3.63) is 89.0 Å². The minimum atomic E-state index is -2.39. The van der Waals surface area contributed by atoms with Gasteiger partial charge in [0.2, 0.25) is 11.8 Å². The normalized spacial score (nSPS) is 35.0. The van der Waals surface area contributed by atoms with Crippen molar-refractivity contribution in [1.82, 2.24) is 5.32 Å². The van der Waals surface area contributed by atoms with Crippen LogP contribution in [0, 0.1) is 16.7 Å². The van der Waals surface area contributed by atoms with Crippen LogP contribution in [0.2, 0.25) is 0 Å². The van der Waals surface area contributed by atoms with E-state index in [1.165, 1.54) is 32.9 Å². The monoisotopic (exact) mass is 735 g/mol. The number of fused-ring (bicyclic) bond motifs is 3. The van der Waals surface area contributed by atoms with Gasteiger partial charge in [-0.3, -0.25) is 14.4 Å². The number of aliphatic hydroxyl groups excluding tert-OH is 1. The second-order valence-corrected chi connectivity index (χ2v) is 15.5. The van der Waals surface area contributed by atoms with Crippen LogP contribution in [-0.4, -0.2) is 75.5 Å². The van der Waals surface area contributed by atoms with E-state index in [9.17, 15) is 33.8 Å². The molecule has 284 valence electrons. The first-order valence-electron chi connectivity index (χ1n) is 17.9. The van der Waals surface area contributed by atoms with Crippen LogP contribution in [0.4, 0.5) is 14.5 Å². The number of rotatable bonds is 10. The van der Waals surface area contributed by atoms with Gasteiger partial charge in [0, 0.05) is 22.1 Å². The molecule has 0 spiro atoms. The van der Waals surface area contributed by atoms with Crippen LogP contribution in [0.15, 0.2) is 72.3 Å². The topological polar surface area (TPSA) is 177 Å². The Labute approximate surface area is 307 Å². The molecule has 0 radical (unpaired) electrons. The van der Waals surface area contributed by atoms with E-state index in [2.05, 4.69) is 10.6 Å². The van der Waals surface area contributed by atoms with Gasteiger partial charge in [-0.25, -0.2) is 13.6 Å². The number of allylic oxidation sites excluding steroid dienone is 4. The quantitative estimate of drug-likeness (QED) is 0.233. The van der Waals surface area contributed by atoms with Crippen molar-refractivity contribution in [1.29, 1.82) is 0 Å². The lowest BCUT2D eigenvalue weighted by Crippen LogP contribution is -2.64. The molecule has 4 unspecified atom stereocenters. The van der Waals surface area contributed by atoms with Crippen LogP contribution >= 0.6 is 0 Å². The van der Waals surface area contributed by atoms with E-state index in [0.717, 1.165) is 17.2 Å². The van der Waals surface area contributed by atoms with Crippen molar-refractivity contribution in [2.24, 2.45) is 22.5 Å². The van der Waals surface area contributed by atoms with Gasteiger partial charge < -0.3 is 36.1 Å². The molecule has 0 bridgehead atoms. The number of nitrogens with one attached hydrogen (secondary N) is 2. The van der Waals surface area contributed by atoms with Gasteiger partial charge >= 0.3 is 5.97 Å². The molecule has 4 aliphatic rings. The fourth-order valence-corrected chi connectivity index (χ4v) is 8.94. The van der Waals surface area contributed by atoms with Crippen LogP contribution in [0.3, 0.4) is 0 Å². The molecule has 11 atom stereocenters. The maximum Gasteiger partial charge on any atom is 0.339 e. The smallest absolute Gasteiger partial charge is 0.339 e. The van der Waals surface area contributed by atoms with Crippen molar-refractivity contribution in [3.8, 4) is 0 Å². The fraction of sp³-hybridized carbons (Fsp3) is 0.500. The molecular formula is C40H47F2N3O8. The third-order valence-corrected chi connectivity index (χ3v) is 12.1. The van der Waals surface area contributed by atoms with Crippen molar-refractivity contribution in [2.45, 2.75) is 108 Å². The number of amides is 2. The zero-order valence-corrected chi connectivity index (χ0v) is 30.4. The number of alkyl halides is 2. The van der Waals surface area contributed by atoms with Gasteiger partial charge in [0.15, 0.2) is 17.7 Å². The van der Waals surface area contributed by atoms with Crippen molar-refractivity contribution >= 4 is 29.3 Å². The summed E-state index contributed by atoms with van der Waals surface area (Å²) < 4.78 is 44.8. The van der Waals surface area contributed by atoms with Crippen LogP contribution in [-0.2, 0) is 35.1 Å². The summed E-state index contributed by atoms with van der Waals surface area (Å²) in [5.41, 5.74) is 1.33. The number of ketones is 1. The number of hydrogen-bond acceptors (Lipinski definition) is 8. The van der Waals surface area contributed by atoms with Gasteiger partial charge in [-0.1, -0.05) is 49.4 Å². The zero-order valence-electron chi connectivity index (χ0n) is 30.4. The van der Waals surface area contributed by atoms with Gasteiger partial charge in [0.25, 0.3) is 0 Å². The standard InChI is InChI=1S/C40H47F2N3O8/c1-21(41)30-18-29(46)13-14-37(30,4)39(42)19-27-17-32-40(36(50)51,38(27,5)20-31(39)47)53-35(52-32)26-11-9-24(10-12-26)15-25-7-6-8-28(16-25)45-34(49)23(3)44-33(48)22(2)43/h6-14,16,18,21-23,27,31-32,35,47H,15,17,19-20,43H2,1-5H3,(H,44,48)(H,45,49)(H,50,51)/t21-,22-,23-,27-,31?,32+,35?,37?,38?,39-,40-/m0/s1. The largest absolute Gasteiger partial charge is 0.479 e. The number of nitrogens with two attached hydrogens (primary N) is 1. The van der Waals surface area contributed by atoms with Crippen LogP contribution in [0.5, 0.6) is 0 Å². The lowest BCUT2D eigenvalue weighted by Gasteiger charge is -2.56. The van der Waals surface area contributed by atoms with Gasteiger partial charge in [-0.2, -0.15) is 0 Å². The minimum absolute atomic E-state index is 0.0635. The number of carbonyl (C=O) groups is 4. The average Bonchev–Trinajstić information content (AvgIpc) is 3.59. The molecule has 6 N–H and O–H groups in total. The van der Waals surface area contributed by atoms with Crippen LogP contribution in [0.25, 0.3) is 0 Å². The number of ether oxygens (including phenoxy) is 2. The second kappa shape index (κ2) is 13.8. The van der Waals surface area contributed by atoms with E-state index in [4.69, 9.17) is 15.2 Å². The second-order valence-electron chi connectivity index (χ2n) is 15.5. The number of carbonyl (C=O) groups excluding carboxylic acids is 3. The van der Waals surface area contributed by atoms with Crippen LogP contribution < -0.4 is 16.4 Å². The number of hydrogen-bond donors (Lipinski definition) is 5. The molecule has 6 rings (SSSR count). The third kappa shape index (κ3) is 6.41. The Balaban J connectivity index is 1.16. The number of anilines is 1. The molecule has 1 aliphatic heterocycles. The molecule has 2 aromatic carbocycles. The first-order valence-corrected chi connectivity index (χ1v) is 17.9. The van der Waals surface area contributed by atoms with E-state index in [0.29, 0.717) is 17.7 Å². The molecule has 13 heteroatoms. The minimum Gasteiger partial charge on any atom is -0.479 e. The number of aliphatic hydroxyl groups is 1. The maximum absolute atomic E-state index is 17.3. The predicted molar refractivity (Wildman–Crippen MR) is 191 cm³/mol. The summed E-state index contributed by atoms with van der Waals surface area (Å²) in [6, 6.07) is 13.1. The predicted octanol–water partition coefficient (Wildman–Crippen LogP) is 4.62. The number of benzene rings is 2. The Kier molecular flexibility index (Phi) is 10.0. The van der Waals surface area contributed by atoms with Crippen LogP contribution in [0.1, 0.15) is 76.9 Å². The summed E-state index contributed by atoms with van der Waals surface area (Å²) in [6.07, 6.45) is -1.64. The van der Waals surface area contributed by atoms with Crippen molar-refractivity contribution < 1.29 is 47.6 Å². The Bertz CT molecular complexity index is 1870. The van der Waals surface area contributed by atoms with Gasteiger partial charge in [-0.15, -0.1) is 0 Å². The number of carboxylic acids is 1. The highest BCUT2D eigenvalue weighted by atomic mass is 19.1. The molecule has 11 nitrogen and oxygen atoms in total. The van der Waals surface area contributed by atoms with Crippen molar-refractivity contribution in [2.75, 3.05) is 5.32 Å². The summed E-state index contributed by atoms with van der Waals surface area (Å²) in [5.74, 6) is -3.15. The van der Waals surface area contributed by atoms with E-state index < -0.39 is 82.4 Å². The van der Waals surface area contributed by atoms with E-state index >= 15 is 4.39 Å². The fourth-order valence-electron chi connectivity index (χ4n) is 8.94. The summed E-state index contributed by atoms with van der Waals surface area (Å²) in [4.78, 5) is 49.8. The molecular weight excluding hydrogens is 688 g/mol. The third-order valence-electron chi connectivity index (χ3n) is 12.1. The molecule has 3 aliphatic carbocycles. The Morgan fingerprint density at radius 3 is 2.38 bits per heavy atom.